The van der Waals surface area contributed by atoms with Crippen LogP contribution in [-0.4, -0.2) is 51.8 Å². The van der Waals surface area contributed by atoms with Crippen molar-refractivity contribution in [3.8, 4) is 0 Å². The molecule has 0 aromatic heterocycles. The number of thioether (sulfide) groups is 1. The summed E-state index contributed by atoms with van der Waals surface area (Å²) in [6, 6.07) is -1.49. The zero-order valence-corrected chi connectivity index (χ0v) is 12.8. The van der Waals surface area contributed by atoms with E-state index in [-0.39, 0.29) is 25.3 Å². The smallest absolute Gasteiger partial charge is 0.326 e. The lowest BCUT2D eigenvalue weighted by atomic mass is 10.1. The normalized spacial score (nSPS) is 22.5. The van der Waals surface area contributed by atoms with Crippen LogP contribution in [0, 0.1) is 0 Å². The zero-order chi connectivity index (χ0) is 15.8. The van der Waals surface area contributed by atoms with Gasteiger partial charge in [-0.1, -0.05) is 6.42 Å². The molecule has 0 spiro atoms. The number of amides is 2. The van der Waals surface area contributed by atoms with Crippen molar-refractivity contribution in [1.29, 1.82) is 0 Å². The molecule has 0 aromatic carbocycles. The third-order valence-corrected chi connectivity index (χ3v) is 4.73. The van der Waals surface area contributed by atoms with Gasteiger partial charge in [-0.15, -0.1) is 0 Å². The van der Waals surface area contributed by atoms with Crippen LogP contribution in [0.25, 0.3) is 0 Å². The molecule has 120 valence electrons. The average molecular weight is 318 g/mol. The summed E-state index contributed by atoms with van der Waals surface area (Å²) in [5.74, 6) is -2.12. The van der Waals surface area contributed by atoms with Crippen LogP contribution in [0.5, 0.6) is 0 Å². The van der Waals surface area contributed by atoms with Crippen LogP contribution in [0.2, 0.25) is 0 Å². The minimum absolute atomic E-state index is 0.0634. The van der Waals surface area contributed by atoms with Gasteiger partial charge in [-0.05, 0) is 31.9 Å². The van der Waals surface area contributed by atoms with Crippen LogP contribution in [0.1, 0.15) is 38.5 Å². The topological polar surface area (TPSA) is 116 Å². The molecule has 1 aliphatic rings. The summed E-state index contributed by atoms with van der Waals surface area (Å²) in [6.07, 6.45) is 5.20. The lowest BCUT2D eigenvalue weighted by Crippen LogP contribution is -2.50. The SMILES string of the molecule is CSC1CCCC1NC(=O)N[C@H](CCCC(=O)O)C(=O)O. The second kappa shape index (κ2) is 8.76. The fraction of sp³-hybridized carbons (Fsp3) is 0.769. The Balaban J connectivity index is 2.41. The van der Waals surface area contributed by atoms with Gasteiger partial charge in [0.15, 0.2) is 0 Å². The predicted molar refractivity (Wildman–Crippen MR) is 79.5 cm³/mol. The van der Waals surface area contributed by atoms with Gasteiger partial charge in [0.2, 0.25) is 0 Å². The minimum Gasteiger partial charge on any atom is -0.481 e. The van der Waals surface area contributed by atoms with Crippen molar-refractivity contribution in [2.24, 2.45) is 0 Å². The molecule has 1 fully saturated rings. The predicted octanol–water partition coefficient (Wildman–Crippen LogP) is 1.28. The highest BCUT2D eigenvalue weighted by molar-refractivity contribution is 7.99. The Hall–Kier alpha value is -1.44. The fourth-order valence-electron chi connectivity index (χ4n) is 2.46. The zero-order valence-electron chi connectivity index (χ0n) is 12.0. The highest BCUT2D eigenvalue weighted by Crippen LogP contribution is 2.28. The molecule has 1 saturated carbocycles. The van der Waals surface area contributed by atoms with E-state index in [1.54, 1.807) is 11.8 Å². The lowest BCUT2D eigenvalue weighted by Gasteiger charge is -2.21. The fourth-order valence-corrected chi connectivity index (χ4v) is 3.39. The molecule has 7 nitrogen and oxygen atoms in total. The van der Waals surface area contributed by atoms with Gasteiger partial charge in [0, 0.05) is 17.7 Å². The number of carbonyl (C=O) groups is 3. The number of aliphatic carboxylic acids is 2. The molecule has 0 aromatic rings. The van der Waals surface area contributed by atoms with E-state index in [1.165, 1.54) is 0 Å². The van der Waals surface area contributed by atoms with Crippen molar-refractivity contribution >= 4 is 29.7 Å². The molecule has 0 heterocycles. The van der Waals surface area contributed by atoms with E-state index >= 15 is 0 Å². The van der Waals surface area contributed by atoms with Crippen LogP contribution >= 0.6 is 11.8 Å². The Morgan fingerprint density at radius 1 is 1.29 bits per heavy atom. The Kier molecular flexibility index (Phi) is 7.35. The maximum absolute atomic E-state index is 11.9. The maximum atomic E-state index is 11.9. The van der Waals surface area contributed by atoms with Gasteiger partial charge < -0.3 is 20.8 Å². The van der Waals surface area contributed by atoms with Gasteiger partial charge in [0.25, 0.3) is 0 Å². The molecular weight excluding hydrogens is 296 g/mol. The number of nitrogens with one attached hydrogen (secondary N) is 2. The van der Waals surface area contributed by atoms with Gasteiger partial charge in [-0.2, -0.15) is 11.8 Å². The van der Waals surface area contributed by atoms with Crippen LogP contribution < -0.4 is 10.6 Å². The van der Waals surface area contributed by atoms with Crippen molar-refractivity contribution in [3.05, 3.63) is 0 Å². The summed E-state index contributed by atoms with van der Waals surface area (Å²) < 4.78 is 0. The number of carboxylic acids is 2. The molecule has 0 aliphatic heterocycles. The molecular formula is C13H22N2O5S. The standard InChI is InChI=1S/C13H22N2O5S/c1-21-10-6-2-4-8(10)14-13(20)15-9(12(18)19)5-3-7-11(16)17/h8-10H,2-7H2,1H3,(H,16,17)(H,18,19)(H2,14,15,20)/t8?,9-,10?/m1/s1. The molecule has 1 rings (SSSR count). The largest absolute Gasteiger partial charge is 0.481 e. The average Bonchev–Trinajstić information content (AvgIpc) is 2.84. The van der Waals surface area contributed by atoms with E-state index in [0.717, 1.165) is 19.3 Å². The molecule has 1 aliphatic carbocycles. The van der Waals surface area contributed by atoms with E-state index in [2.05, 4.69) is 10.6 Å². The Bertz CT molecular complexity index is 391. The van der Waals surface area contributed by atoms with Gasteiger partial charge in [0.1, 0.15) is 6.04 Å². The molecule has 3 atom stereocenters. The minimum atomic E-state index is -1.15. The van der Waals surface area contributed by atoms with Crippen molar-refractivity contribution in [2.45, 2.75) is 55.9 Å². The number of rotatable bonds is 8. The van der Waals surface area contributed by atoms with Gasteiger partial charge in [0.05, 0.1) is 0 Å². The molecule has 4 N–H and O–H groups in total. The maximum Gasteiger partial charge on any atom is 0.326 e. The van der Waals surface area contributed by atoms with Gasteiger partial charge in [-0.3, -0.25) is 4.79 Å². The van der Waals surface area contributed by atoms with Crippen molar-refractivity contribution in [3.63, 3.8) is 0 Å². The number of hydrogen-bond acceptors (Lipinski definition) is 4. The second-order valence-corrected chi connectivity index (χ2v) is 6.18. The molecule has 8 heteroatoms. The number of carboxylic acid groups (broad SMARTS) is 2. The summed E-state index contributed by atoms with van der Waals surface area (Å²) in [6.45, 7) is 0. The molecule has 0 radical (unpaired) electrons. The van der Waals surface area contributed by atoms with Crippen molar-refractivity contribution in [2.75, 3.05) is 6.26 Å². The molecule has 2 unspecified atom stereocenters. The molecule has 0 bridgehead atoms. The molecule has 2 amide bonds. The Labute approximate surface area is 127 Å². The third kappa shape index (κ3) is 6.24. The van der Waals surface area contributed by atoms with Crippen molar-refractivity contribution < 1.29 is 24.6 Å². The van der Waals surface area contributed by atoms with E-state index in [9.17, 15) is 14.4 Å². The summed E-state index contributed by atoms with van der Waals surface area (Å²) >= 11 is 1.70. The Morgan fingerprint density at radius 2 is 2.00 bits per heavy atom. The Morgan fingerprint density at radius 3 is 2.57 bits per heavy atom. The molecule has 0 saturated heterocycles. The van der Waals surface area contributed by atoms with E-state index < -0.39 is 24.0 Å². The van der Waals surface area contributed by atoms with Gasteiger partial charge >= 0.3 is 18.0 Å². The number of carbonyl (C=O) groups excluding carboxylic acids is 1. The first-order valence-electron chi connectivity index (χ1n) is 6.98. The third-order valence-electron chi connectivity index (χ3n) is 3.56. The first-order valence-corrected chi connectivity index (χ1v) is 8.27. The summed E-state index contributed by atoms with van der Waals surface area (Å²) in [4.78, 5) is 33.4. The summed E-state index contributed by atoms with van der Waals surface area (Å²) in [5, 5.41) is 23.2. The monoisotopic (exact) mass is 318 g/mol. The lowest BCUT2D eigenvalue weighted by molar-refractivity contribution is -0.140. The summed E-state index contributed by atoms with van der Waals surface area (Å²) in [5.41, 5.74) is 0. The van der Waals surface area contributed by atoms with Crippen LogP contribution in [-0.2, 0) is 9.59 Å². The second-order valence-electron chi connectivity index (χ2n) is 5.11. The summed E-state index contributed by atoms with van der Waals surface area (Å²) in [7, 11) is 0. The van der Waals surface area contributed by atoms with Crippen LogP contribution in [0.3, 0.4) is 0 Å². The quantitative estimate of drug-likeness (QED) is 0.536. The van der Waals surface area contributed by atoms with E-state index in [1.807, 2.05) is 6.26 Å². The van der Waals surface area contributed by atoms with Crippen molar-refractivity contribution in [1.82, 2.24) is 10.6 Å². The van der Waals surface area contributed by atoms with Crippen LogP contribution in [0.15, 0.2) is 0 Å². The van der Waals surface area contributed by atoms with E-state index in [0.29, 0.717) is 5.25 Å². The highest BCUT2D eigenvalue weighted by Gasteiger charge is 2.29. The highest BCUT2D eigenvalue weighted by atomic mass is 32.2. The number of hydrogen-bond donors (Lipinski definition) is 4. The molecule has 21 heavy (non-hydrogen) atoms. The van der Waals surface area contributed by atoms with Gasteiger partial charge in [-0.25, -0.2) is 9.59 Å². The first-order chi connectivity index (χ1) is 9.93. The number of urea groups is 1. The van der Waals surface area contributed by atoms with Crippen LogP contribution in [0.4, 0.5) is 4.79 Å². The first kappa shape index (κ1) is 17.6. The van der Waals surface area contributed by atoms with E-state index in [4.69, 9.17) is 10.2 Å².